The summed E-state index contributed by atoms with van der Waals surface area (Å²) in [7, 11) is 0. The van der Waals surface area contributed by atoms with Crippen LogP contribution in [0.25, 0.3) is 22.4 Å². The molecule has 0 aliphatic carbocycles. The molecule has 0 fully saturated rings. The summed E-state index contributed by atoms with van der Waals surface area (Å²) < 4.78 is 0. The molecule has 4 rings (SSSR count). The largest absolute Gasteiger partial charge is 0.507 e. The number of nitrogens with one attached hydrogen (secondary N) is 2. The van der Waals surface area contributed by atoms with Gasteiger partial charge in [0, 0.05) is 40.4 Å². The van der Waals surface area contributed by atoms with Crippen LogP contribution in [0.2, 0.25) is 5.02 Å². The van der Waals surface area contributed by atoms with Gasteiger partial charge in [0.2, 0.25) is 5.91 Å². The first kappa shape index (κ1) is 30.6. The summed E-state index contributed by atoms with van der Waals surface area (Å²) >= 11 is 7.78. The highest BCUT2D eigenvalue weighted by atomic mass is 35.5. The molecule has 5 N–H and O–H groups in total. The summed E-state index contributed by atoms with van der Waals surface area (Å²) in [6.07, 6.45) is 0.146. The van der Waals surface area contributed by atoms with Gasteiger partial charge in [0.1, 0.15) is 17.4 Å². The monoisotopic (exact) mass is 589 g/mol. The Labute approximate surface area is 240 Å². The van der Waals surface area contributed by atoms with Crippen molar-refractivity contribution in [1.29, 1.82) is 5.26 Å². The third-order valence-corrected chi connectivity index (χ3v) is 6.40. The summed E-state index contributed by atoms with van der Waals surface area (Å²) in [4.78, 5) is 29.8. The second-order valence-corrected chi connectivity index (χ2v) is 8.98. The number of nitrogens with zero attached hydrogens (tertiary/aromatic N) is 2. The minimum atomic E-state index is -0.428. The molecule has 0 aliphatic heterocycles. The number of rotatable bonds is 7. The van der Waals surface area contributed by atoms with Gasteiger partial charge in [-0.3, -0.25) is 9.59 Å². The standard InChI is InChI=1S/C26H20ClN5O3S.2ClH/c27-20-8-7-15(30-24(34)9-10-28)12-18(20)17-13-21(16-4-1-2-5-22(16)33)31-25(19(17)14-29)32-26(35)23-6-3-11-36-23;;/h1-8,11-13,33H,9-10,28H2,(H,30,34)(H,31,32,35);2*1H. The fraction of sp³-hybridized carbons (Fsp3) is 0.0769. The van der Waals surface area contributed by atoms with Gasteiger partial charge in [-0.2, -0.15) is 5.26 Å². The van der Waals surface area contributed by atoms with E-state index in [1.165, 1.54) is 17.4 Å². The highest BCUT2D eigenvalue weighted by Gasteiger charge is 2.21. The Morgan fingerprint density at radius 2 is 1.79 bits per heavy atom. The molecule has 0 aliphatic rings. The number of nitrogens with two attached hydrogens (primary N) is 1. The average Bonchev–Trinajstić information content (AvgIpc) is 3.40. The van der Waals surface area contributed by atoms with Gasteiger partial charge in [0.25, 0.3) is 5.91 Å². The maximum absolute atomic E-state index is 12.8. The number of carbonyl (C=O) groups is 2. The van der Waals surface area contributed by atoms with Crippen molar-refractivity contribution in [3.63, 3.8) is 0 Å². The Bertz CT molecular complexity index is 1490. The number of nitriles is 1. The van der Waals surface area contributed by atoms with Crippen molar-refractivity contribution in [3.05, 3.63) is 81.5 Å². The SMILES string of the molecule is Cl.Cl.N#Cc1c(-c2cc(NC(=O)CCN)ccc2Cl)cc(-c2ccccc2O)nc1NC(=O)c1cccs1. The van der Waals surface area contributed by atoms with Crippen molar-refractivity contribution in [3.8, 4) is 34.2 Å². The normalized spacial score (nSPS) is 9.92. The Morgan fingerprint density at radius 1 is 1.03 bits per heavy atom. The number of anilines is 2. The lowest BCUT2D eigenvalue weighted by atomic mass is 9.97. The molecule has 4 aromatic rings. The maximum atomic E-state index is 12.8. The third kappa shape index (κ3) is 6.81. The molecular weight excluding hydrogens is 569 g/mol. The first-order valence-electron chi connectivity index (χ1n) is 10.8. The van der Waals surface area contributed by atoms with Crippen LogP contribution >= 0.6 is 47.8 Å². The number of carbonyl (C=O) groups excluding carboxylic acids is 2. The number of hydrogen-bond acceptors (Lipinski definition) is 7. The zero-order valence-electron chi connectivity index (χ0n) is 19.6. The highest BCUT2D eigenvalue weighted by molar-refractivity contribution is 7.12. The molecule has 12 heteroatoms. The van der Waals surface area contributed by atoms with Gasteiger partial charge in [-0.25, -0.2) is 4.98 Å². The zero-order chi connectivity index (χ0) is 25.7. The molecule has 2 amide bonds. The van der Waals surface area contributed by atoms with Crippen LogP contribution in [-0.4, -0.2) is 28.4 Å². The quantitative estimate of drug-likeness (QED) is 0.205. The zero-order valence-corrected chi connectivity index (χ0v) is 22.8. The van der Waals surface area contributed by atoms with Crippen molar-refractivity contribution in [2.45, 2.75) is 6.42 Å². The number of phenolic OH excluding ortho intramolecular Hbond substituents is 1. The van der Waals surface area contributed by atoms with Crippen LogP contribution < -0.4 is 16.4 Å². The van der Waals surface area contributed by atoms with Gasteiger partial charge in [-0.05, 0) is 47.8 Å². The molecule has 0 spiro atoms. The van der Waals surface area contributed by atoms with Gasteiger partial charge >= 0.3 is 0 Å². The predicted molar refractivity (Wildman–Crippen MR) is 156 cm³/mol. The number of benzene rings is 2. The Kier molecular flexibility index (Phi) is 11.1. The van der Waals surface area contributed by atoms with Crippen LogP contribution in [-0.2, 0) is 4.79 Å². The molecule has 2 aromatic heterocycles. The van der Waals surface area contributed by atoms with Crippen molar-refractivity contribution in [2.75, 3.05) is 17.2 Å². The molecule has 0 unspecified atom stereocenters. The lowest BCUT2D eigenvalue weighted by Gasteiger charge is -2.16. The third-order valence-electron chi connectivity index (χ3n) is 5.20. The number of thiophene rings is 1. The molecule has 0 saturated carbocycles. The molecule has 38 heavy (non-hydrogen) atoms. The van der Waals surface area contributed by atoms with Gasteiger partial charge < -0.3 is 21.5 Å². The van der Waals surface area contributed by atoms with Crippen molar-refractivity contribution < 1.29 is 14.7 Å². The topological polar surface area (TPSA) is 141 Å². The van der Waals surface area contributed by atoms with E-state index in [1.54, 1.807) is 60.0 Å². The van der Waals surface area contributed by atoms with Crippen LogP contribution in [0, 0.1) is 11.3 Å². The number of aromatic nitrogens is 1. The lowest BCUT2D eigenvalue weighted by Crippen LogP contribution is -2.16. The minimum Gasteiger partial charge on any atom is -0.507 e. The summed E-state index contributed by atoms with van der Waals surface area (Å²) in [5.41, 5.74) is 7.52. The van der Waals surface area contributed by atoms with E-state index in [2.05, 4.69) is 21.7 Å². The van der Waals surface area contributed by atoms with E-state index in [4.69, 9.17) is 17.3 Å². The molecular formula is C26H22Cl3N5O3S. The van der Waals surface area contributed by atoms with E-state index >= 15 is 0 Å². The summed E-state index contributed by atoms with van der Waals surface area (Å²) in [5, 5.41) is 28.1. The number of hydrogen-bond donors (Lipinski definition) is 4. The average molecular weight is 591 g/mol. The predicted octanol–water partition coefficient (Wildman–Crippen LogP) is 6.09. The molecule has 0 radical (unpaired) electrons. The van der Waals surface area contributed by atoms with E-state index in [0.717, 1.165) is 0 Å². The van der Waals surface area contributed by atoms with E-state index in [-0.39, 0.29) is 60.8 Å². The summed E-state index contributed by atoms with van der Waals surface area (Å²) in [6.45, 7) is 0.201. The Hall–Kier alpha value is -3.65. The molecule has 0 bridgehead atoms. The van der Waals surface area contributed by atoms with E-state index in [9.17, 15) is 20.0 Å². The minimum absolute atomic E-state index is 0. The maximum Gasteiger partial charge on any atom is 0.266 e. The summed E-state index contributed by atoms with van der Waals surface area (Å²) in [5.74, 6) is -0.700. The number of phenols is 1. The van der Waals surface area contributed by atoms with E-state index in [0.29, 0.717) is 38.0 Å². The van der Waals surface area contributed by atoms with Crippen LogP contribution in [0.1, 0.15) is 21.7 Å². The molecule has 196 valence electrons. The van der Waals surface area contributed by atoms with Gasteiger partial charge in [-0.1, -0.05) is 29.8 Å². The van der Waals surface area contributed by atoms with Crippen LogP contribution in [0.3, 0.4) is 0 Å². The number of aromatic hydroxyl groups is 1. The van der Waals surface area contributed by atoms with E-state index < -0.39 is 5.91 Å². The smallest absolute Gasteiger partial charge is 0.266 e. The molecule has 0 saturated heterocycles. The number of halogens is 3. The molecule has 2 heterocycles. The number of amides is 2. The second kappa shape index (κ2) is 13.8. The van der Waals surface area contributed by atoms with Crippen LogP contribution in [0.15, 0.2) is 66.0 Å². The number of pyridine rings is 1. The van der Waals surface area contributed by atoms with Crippen LogP contribution in [0.5, 0.6) is 5.75 Å². The molecule has 8 nitrogen and oxygen atoms in total. The van der Waals surface area contributed by atoms with Gasteiger partial charge in [0.05, 0.1) is 10.6 Å². The second-order valence-electron chi connectivity index (χ2n) is 7.62. The van der Waals surface area contributed by atoms with E-state index in [1.807, 2.05) is 0 Å². The fourth-order valence-electron chi connectivity index (χ4n) is 3.53. The van der Waals surface area contributed by atoms with Gasteiger partial charge in [0.15, 0.2) is 5.82 Å². The lowest BCUT2D eigenvalue weighted by molar-refractivity contribution is -0.116. The van der Waals surface area contributed by atoms with Gasteiger partial charge in [-0.15, -0.1) is 36.2 Å². The van der Waals surface area contributed by atoms with Crippen molar-refractivity contribution in [2.24, 2.45) is 5.73 Å². The molecule has 0 atom stereocenters. The van der Waals surface area contributed by atoms with Crippen molar-refractivity contribution >= 4 is 71.1 Å². The fourth-order valence-corrected chi connectivity index (χ4v) is 4.37. The van der Waals surface area contributed by atoms with Crippen molar-refractivity contribution in [1.82, 2.24) is 4.98 Å². The highest BCUT2D eigenvalue weighted by Crippen LogP contribution is 2.39. The first-order valence-corrected chi connectivity index (χ1v) is 12.0. The molecule has 2 aromatic carbocycles. The Morgan fingerprint density at radius 3 is 2.45 bits per heavy atom. The number of para-hydroxylation sites is 1. The summed E-state index contributed by atoms with van der Waals surface area (Å²) in [6, 6.07) is 18.6. The van der Waals surface area contributed by atoms with Crippen LogP contribution in [0.4, 0.5) is 11.5 Å². The first-order chi connectivity index (χ1) is 17.4. The Balaban J connectivity index is 0.00000253.